The Morgan fingerprint density at radius 3 is 2.38 bits per heavy atom. The Kier molecular flexibility index (Phi) is 6.21. The normalized spacial score (nSPS) is 13.6. The van der Waals surface area contributed by atoms with Gasteiger partial charge in [0.2, 0.25) is 0 Å². The van der Waals surface area contributed by atoms with Crippen molar-refractivity contribution < 1.29 is 19.4 Å². The molecule has 1 aromatic rings. The summed E-state index contributed by atoms with van der Waals surface area (Å²) in [7, 11) is 0. The van der Waals surface area contributed by atoms with Crippen molar-refractivity contribution in [2.75, 3.05) is 0 Å². The van der Waals surface area contributed by atoms with E-state index in [1.807, 2.05) is 32.0 Å². The lowest BCUT2D eigenvalue weighted by atomic mass is 10.0. The number of hydrogen-bond donors (Lipinski definition) is 2. The second-order valence-electron chi connectivity index (χ2n) is 5.35. The Morgan fingerprint density at radius 2 is 1.90 bits per heavy atom. The molecule has 21 heavy (non-hydrogen) atoms. The smallest absolute Gasteiger partial charge is 0.326 e. The van der Waals surface area contributed by atoms with Crippen LogP contribution in [0, 0.1) is 12.8 Å². The van der Waals surface area contributed by atoms with E-state index in [9.17, 15) is 9.59 Å². The van der Waals surface area contributed by atoms with Crippen LogP contribution in [0.25, 0.3) is 0 Å². The monoisotopic (exact) mass is 293 g/mol. The predicted molar refractivity (Wildman–Crippen MR) is 80.3 cm³/mol. The minimum Gasteiger partial charge on any atom is -0.480 e. The molecule has 0 aromatic heterocycles. The maximum absolute atomic E-state index is 12.2. The zero-order valence-electron chi connectivity index (χ0n) is 12.9. The van der Waals surface area contributed by atoms with Gasteiger partial charge in [-0.15, -0.1) is 0 Å². The highest BCUT2D eigenvalue weighted by Crippen LogP contribution is 2.19. The lowest BCUT2D eigenvalue weighted by Crippen LogP contribution is -2.49. The maximum Gasteiger partial charge on any atom is 0.326 e. The molecular formula is C16H23NO4. The SMILES string of the molecule is CCC(Oc1ccccc1C)C(=O)N[C@@H](C(=O)O)C(C)C. The average Bonchev–Trinajstić information content (AvgIpc) is 2.42. The van der Waals surface area contributed by atoms with Gasteiger partial charge in [-0.1, -0.05) is 39.0 Å². The molecule has 1 aromatic carbocycles. The van der Waals surface area contributed by atoms with Crippen molar-refractivity contribution in [2.45, 2.75) is 46.3 Å². The number of carbonyl (C=O) groups is 2. The van der Waals surface area contributed by atoms with E-state index in [1.54, 1.807) is 19.9 Å². The Morgan fingerprint density at radius 1 is 1.29 bits per heavy atom. The van der Waals surface area contributed by atoms with Gasteiger partial charge >= 0.3 is 5.97 Å². The fourth-order valence-electron chi connectivity index (χ4n) is 1.92. The van der Waals surface area contributed by atoms with E-state index in [1.165, 1.54) is 0 Å². The van der Waals surface area contributed by atoms with E-state index in [0.717, 1.165) is 5.56 Å². The third kappa shape index (κ3) is 4.77. The number of aryl methyl sites for hydroxylation is 1. The summed E-state index contributed by atoms with van der Waals surface area (Å²) in [6.45, 7) is 7.23. The Labute approximate surface area is 125 Å². The van der Waals surface area contributed by atoms with Gasteiger partial charge in [0.05, 0.1) is 0 Å². The van der Waals surface area contributed by atoms with Gasteiger partial charge in [-0.25, -0.2) is 4.79 Å². The molecule has 1 amide bonds. The minimum atomic E-state index is -1.04. The standard InChI is InChI=1S/C16H23NO4/c1-5-12(21-13-9-7-6-8-11(13)4)15(18)17-14(10(2)3)16(19)20/h6-10,12,14H,5H2,1-4H3,(H,17,18)(H,19,20)/t12?,14-/m1/s1. The molecule has 1 unspecified atom stereocenters. The number of rotatable bonds is 7. The maximum atomic E-state index is 12.2. The lowest BCUT2D eigenvalue weighted by molar-refractivity contribution is -0.144. The predicted octanol–water partition coefficient (Wildman–Crippen LogP) is 2.38. The van der Waals surface area contributed by atoms with E-state index >= 15 is 0 Å². The Bertz CT molecular complexity index is 499. The number of benzene rings is 1. The number of hydrogen-bond acceptors (Lipinski definition) is 3. The van der Waals surface area contributed by atoms with Gasteiger partial charge in [0, 0.05) is 0 Å². The number of carbonyl (C=O) groups excluding carboxylic acids is 1. The lowest BCUT2D eigenvalue weighted by Gasteiger charge is -2.23. The highest BCUT2D eigenvalue weighted by Gasteiger charge is 2.27. The van der Waals surface area contributed by atoms with Crippen molar-refractivity contribution in [1.29, 1.82) is 0 Å². The van der Waals surface area contributed by atoms with Crippen molar-refractivity contribution in [3.8, 4) is 5.75 Å². The molecule has 1 rings (SSSR count). The average molecular weight is 293 g/mol. The molecule has 0 aliphatic carbocycles. The van der Waals surface area contributed by atoms with Crippen molar-refractivity contribution in [2.24, 2.45) is 5.92 Å². The molecule has 0 saturated heterocycles. The summed E-state index contributed by atoms with van der Waals surface area (Å²) in [5, 5.41) is 11.7. The van der Waals surface area contributed by atoms with Crippen LogP contribution in [0.5, 0.6) is 5.75 Å². The van der Waals surface area contributed by atoms with Crippen molar-refractivity contribution >= 4 is 11.9 Å². The fraction of sp³-hybridized carbons (Fsp3) is 0.500. The summed E-state index contributed by atoms with van der Waals surface area (Å²) in [6.07, 6.45) is -0.239. The minimum absolute atomic E-state index is 0.192. The van der Waals surface area contributed by atoms with Gasteiger partial charge in [-0.2, -0.15) is 0 Å². The van der Waals surface area contributed by atoms with Gasteiger partial charge in [0.25, 0.3) is 5.91 Å². The molecule has 0 heterocycles. The summed E-state index contributed by atoms with van der Waals surface area (Å²) in [4.78, 5) is 23.4. The van der Waals surface area contributed by atoms with Crippen LogP contribution >= 0.6 is 0 Å². The summed E-state index contributed by atoms with van der Waals surface area (Å²) < 4.78 is 5.71. The molecule has 0 aliphatic rings. The van der Waals surface area contributed by atoms with Crippen LogP contribution in [0.1, 0.15) is 32.8 Å². The molecule has 5 nitrogen and oxygen atoms in total. The van der Waals surface area contributed by atoms with Crippen molar-refractivity contribution in [1.82, 2.24) is 5.32 Å². The van der Waals surface area contributed by atoms with Crippen molar-refractivity contribution in [3.63, 3.8) is 0 Å². The van der Waals surface area contributed by atoms with E-state index < -0.39 is 24.0 Å². The Balaban J connectivity index is 2.78. The third-order valence-corrected chi connectivity index (χ3v) is 3.26. The highest BCUT2D eigenvalue weighted by molar-refractivity contribution is 5.86. The van der Waals surface area contributed by atoms with E-state index in [4.69, 9.17) is 9.84 Å². The third-order valence-electron chi connectivity index (χ3n) is 3.26. The van der Waals surface area contributed by atoms with Crippen LogP contribution in [0.2, 0.25) is 0 Å². The van der Waals surface area contributed by atoms with Gasteiger partial charge in [-0.05, 0) is 30.9 Å². The van der Waals surface area contributed by atoms with E-state index in [2.05, 4.69) is 5.32 Å². The number of nitrogens with one attached hydrogen (secondary N) is 1. The summed E-state index contributed by atoms with van der Waals surface area (Å²) in [6, 6.07) is 6.51. The second-order valence-corrected chi connectivity index (χ2v) is 5.35. The van der Waals surface area contributed by atoms with Crippen LogP contribution in [0.15, 0.2) is 24.3 Å². The zero-order chi connectivity index (χ0) is 16.0. The first kappa shape index (κ1) is 17.0. The summed E-state index contributed by atoms with van der Waals surface area (Å²) in [5.74, 6) is -0.996. The molecule has 2 N–H and O–H groups in total. The molecule has 0 radical (unpaired) electrons. The quantitative estimate of drug-likeness (QED) is 0.809. The topological polar surface area (TPSA) is 75.6 Å². The molecular weight excluding hydrogens is 270 g/mol. The number of carboxylic acids is 1. The molecule has 0 fully saturated rings. The first-order valence-corrected chi connectivity index (χ1v) is 7.12. The largest absolute Gasteiger partial charge is 0.480 e. The first-order valence-electron chi connectivity index (χ1n) is 7.12. The van der Waals surface area contributed by atoms with Gasteiger partial charge in [0.15, 0.2) is 6.10 Å². The molecule has 2 atom stereocenters. The molecule has 0 bridgehead atoms. The summed E-state index contributed by atoms with van der Waals surface area (Å²) >= 11 is 0. The van der Waals surface area contributed by atoms with E-state index in [0.29, 0.717) is 12.2 Å². The van der Waals surface area contributed by atoms with Crippen LogP contribution in [0.3, 0.4) is 0 Å². The number of aliphatic carboxylic acids is 1. The number of amides is 1. The highest BCUT2D eigenvalue weighted by atomic mass is 16.5. The summed E-state index contributed by atoms with van der Waals surface area (Å²) in [5.41, 5.74) is 0.933. The van der Waals surface area contributed by atoms with Gasteiger partial charge < -0.3 is 15.2 Å². The number of ether oxygens (including phenoxy) is 1. The molecule has 5 heteroatoms. The van der Waals surface area contributed by atoms with E-state index in [-0.39, 0.29) is 5.92 Å². The van der Waals surface area contributed by atoms with Crippen molar-refractivity contribution in [3.05, 3.63) is 29.8 Å². The van der Waals surface area contributed by atoms with Crippen LogP contribution in [-0.4, -0.2) is 29.1 Å². The second kappa shape index (κ2) is 7.67. The zero-order valence-corrected chi connectivity index (χ0v) is 12.9. The van der Waals surface area contributed by atoms with Crippen LogP contribution in [-0.2, 0) is 9.59 Å². The first-order chi connectivity index (χ1) is 9.86. The van der Waals surface area contributed by atoms with Gasteiger partial charge in [-0.3, -0.25) is 4.79 Å². The molecule has 0 saturated carbocycles. The van der Waals surface area contributed by atoms with Crippen LogP contribution < -0.4 is 10.1 Å². The number of para-hydroxylation sites is 1. The number of carboxylic acid groups (broad SMARTS) is 1. The molecule has 0 aliphatic heterocycles. The van der Waals surface area contributed by atoms with Crippen LogP contribution in [0.4, 0.5) is 0 Å². The Hall–Kier alpha value is -2.04. The van der Waals surface area contributed by atoms with Gasteiger partial charge in [0.1, 0.15) is 11.8 Å². The molecule has 116 valence electrons. The fourth-order valence-corrected chi connectivity index (χ4v) is 1.92. The molecule has 0 spiro atoms.